The van der Waals surface area contributed by atoms with Crippen molar-refractivity contribution < 1.29 is 14.9 Å². The van der Waals surface area contributed by atoms with Crippen LogP contribution in [0.1, 0.15) is 12.0 Å². The lowest BCUT2D eigenvalue weighted by Crippen LogP contribution is -2.33. The van der Waals surface area contributed by atoms with Gasteiger partial charge in [0.1, 0.15) is 5.75 Å². The number of ether oxygens (including phenoxy) is 1. The Bertz CT molecular complexity index is 298. The number of phenolic OH excluding ortho intramolecular Hbond substituents is 1. The minimum Gasteiger partial charge on any atom is -0.508 e. The zero-order chi connectivity index (χ0) is 11.8. The monoisotopic (exact) mass is 225 g/mol. The van der Waals surface area contributed by atoms with Crippen LogP contribution in [0.4, 0.5) is 0 Å². The van der Waals surface area contributed by atoms with Crippen LogP contribution >= 0.6 is 0 Å². The van der Waals surface area contributed by atoms with Gasteiger partial charge in [0.15, 0.2) is 0 Å². The van der Waals surface area contributed by atoms with E-state index in [9.17, 15) is 5.11 Å². The van der Waals surface area contributed by atoms with Crippen molar-refractivity contribution in [2.75, 3.05) is 20.3 Å². The molecular weight excluding hydrogens is 206 g/mol. The second-order valence-corrected chi connectivity index (χ2v) is 3.72. The Morgan fingerprint density at radius 3 is 2.88 bits per heavy atom. The first-order valence-corrected chi connectivity index (χ1v) is 5.37. The maximum atomic E-state index is 9.29. The van der Waals surface area contributed by atoms with Gasteiger partial charge in [-0.2, -0.15) is 0 Å². The standard InChI is InChI=1S/C12H19NO3/c1-16-9-11(5-6-14)13-8-10-3-2-4-12(15)7-10/h2-4,7,11,13-15H,5-6,8-9H2,1H3. The Morgan fingerprint density at radius 1 is 1.44 bits per heavy atom. The van der Waals surface area contributed by atoms with Crippen molar-refractivity contribution in [1.29, 1.82) is 0 Å². The molecule has 0 spiro atoms. The van der Waals surface area contributed by atoms with Gasteiger partial charge in [0.05, 0.1) is 6.61 Å². The third-order valence-electron chi connectivity index (χ3n) is 2.35. The first-order chi connectivity index (χ1) is 7.76. The highest BCUT2D eigenvalue weighted by molar-refractivity contribution is 5.26. The van der Waals surface area contributed by atoms with E-state index >= 15 is 0 Å². The maximum absolute atomic E-state index is 9.29. The fourth-order valence-electron chi connectivity index (χ4n) is 1.53. The summed E-state index contributed by atoms with van der Waals surface area (Å²) in [5.41, 5.74) is 1.01. The number of hydrogen-bond acceptors (Lipinski definition) is 4. The largest absolute Gasteiger partial charge is 0.508 e. The van der Waals surface area contributed by atoms with E-state index in [0.29, 0.717) is 19.6 Å². The van der Waals surface area contributed by atoms with Crippen LogP contribution in [0.3, 0.4) is 0 Å². The molecule has 0 amide bonds. The van der Waals surface area contributed by atoms with Crippen LogP contribution in [0, 0.1) is 0 Å². The second-order valence-electron chi connectivity index (χ2n) is 3.72. The van der Waals surface area contributed by atoms with Crippen LogP contribution in [0.15, 0.2) is 24.3 Å². The van der Waals surface area contributed by atoms with Gasteiger partial charge < -0.3 is 20.3 Å². The van der Waals surface area contributed by atoms with Crippen molar-refractivity contribution in [2.24, 2.45) is 0 Å². The summed E-state index contributed by atoms with van der Waals surface area (Å²) >= 11 is 0. The lowest BCUT2D eigenvalue weighted by atomic mass is 10.2. The molecule has 0 aliphatic heterocycles. The van der Waals surface area contributed by atoms with Crippen molar-refractivity contribution >= 4 is 0 Å². The number of aliphatic hydroxyl groups is 1. The highest BCUT2D eigenvalue weighted by Gasteiger charge is 2.06. The maximum Gasteiger partial charge on any atom is 0.115 e. The van der Waals surface area contributed by atoms with Gasteiger partial charge in [0, 0.05) is 26.3 Å². The summed E-state index contributed by atoms with van der Waals surface area (Å²) in [5, 5.41) is 21.4. The van der Waals surface area contributed by atoms with Crippen LogP contribution in [0.5, 0.6) is 5.75 Å². The van der Waals surface area contributed by atoms with Crippen molar-refractivity contribution in [3.8, 4) is 5.75 Å². The van der Waals surface area contributed by atoms with Crippen molar-refractivity contribution in [3.63, 3.8) is 0 Å². The molecule has 0 fully saturated rings. The highest BCUT2D eigenvalue weighted by Crippen LogP contribution is 2.10. The number of methoxy groups -OCH3 is 1. The minimum absolute atomic E-state index is 0.136. The van der Waals surface area contributed by atoms with E-state index in [4.69, 9.17) is 9.84 Å². The van der Waals surface area contributed by atoms with Gasteiger partial charge in [-0.15, -0.1) is 0 Å². The molecule has 3 N–H and O–H groups in total. The first kappa shape index (κ1) is 13.0. The predicted octanol–water partition coefficient (Wildman–Crippen LogP) is 0.879. The Kier molecular flexibility index (Phi) is 5.85. The molecule has 0 heterocycles. The topological polar surface area (TPSA) is 61.7 Å². The molecule has 1 unspecified atom stereocenters. The minimum atomic E-state index is 0.136. The Balaban J connectivity index is 2.41. The molecule has 0 aliphatic carbocycles. The molecular formula is C12H19NO3. The first-order valence-electron chi connectivity index (χ1n) is 5.37. The number of rotatable bonds is 7. The molecule has 0 bridgehead atoms. The van der Waals surface area contributed by atoms with E-state index in [1.165, 1.54) is 0 Å². The lowest BCUT2D eigenvalue weighted by Gasteiger charge is -2.16. The predicted molar refractivity (Wildman–Crippen MR) is 62.3 cm³/mol. The third-order valence-corrected chi connectivity index (χ3v) is 2.35. The Hall–Kier alpha value is -1.10. The quantitative estimate of drug-likeness (QED) is 0.644. The van der Waals surface area contributed by atoms with Gasteiger partial charge in [-0.05, 0) is 24.1 Å². The molecule has 0 aromatic heterocycles. The van der Waals surface area contributed by atoms with Crippen molar-refractivity contribution in [3.05, 3.63) is 29.8 Å². The molecule has 1 atom stereocenters. The van der Waals surface area contributed by atoms with Gasteiger partial charge >= 0.3 is 0 Å². The van der Waals surface area contributed by atoms with Crippen molar-refractivity contribution in [2.45, 2.75) is 19.0 Å². The summed E-state index contributed by atoms with van der Waals surface area (Å²) in [6, 6.07) is 7.25. The average Bonchev–Trinajstić information content (AvgIpc) is 2.27. The van der Waals surface area contributed by atoms with Crippen LogP contribution in [0.25, 0.3) is 0 Å². The van der Waals surface area contributed by atoms with E-state index in [2.05, 4.69) is 5.32 Å². The third kappa shape index (κ3) is 4.61. The molecule has 0 aliphatic rings. The molecule has 0 radical (unpaired) electrons. The molecule has 0 saturated heterocycles. The summed E-state index contributed by atoms with van der Waals surface area (Å²) in [6.07, 6.45) is 0.659. The molecule has 90 valence electrons. The fraction of sp³-hybridized carbons (Fsp3) is 0.500. The summed E-state index contributed by atoms with van der Waals surface area (Å²) in [7, 11) is 1.64. The van der Waals surface area contributed by atoms with Gasteiger partial charge in [-0.25, -0.2) is 0 Å². The average molecular weight is 225 g/mol. The van der Waals surface area contributed by atoms with E-state index in [1.807, 2.05) is 12.1 Å². The fourth-order valence-corrected chi connectivity index (χ4v) is 1.53. The molecule has 1 aromatic carbocycles. The summed E-state index contributed by atoms with van der Waals surface area (Å²) in [5.74, 6) is 0.268. The van der Waals surface area contributed by atoms with Crippen molar-refractivity contribution in [1.82, 2.24) is 5.32 Å². The molecule has 1 aromatic rings. The highest BCUT2D eigenvalue weighted by atomic mass is 16.5. The van der Waals surface area contributed by atoms with Gasteiger partial charge in [0.25, 0.3) is 0 Å². The van der Waals surface area contributed by atoms with Gasteiger partial charge in [-0.3, -0.25) is 0 Å². The van der Waals surface area contributed by atoms with Gasteiger partial charge in [-0.1, -0.05) is 12.1 Å². The number of phenols is 1. The summed E-state index contributed by atoms with van der Waals surface area (Å²) in [6.45, 7) is 1.36. The second kappa shape index (κ2) is 7.22. The SMILES string of the molecule is COCC(CCO)NCc1cccc(O)c1. The van der Waals surface area contributed by atoms with E-state index < -0.39 is 0 Å². The summed E-state index contributed by atoms with van der Waals surface area (Å²) in [4.78, 5) is 0. The van der Waals surface area contributed by atoms with Crippen LogP contribution in [-0.2, 0) is 11.3 Å². The molecule has 4 heteroatoms. The summed E-state index contributed by atoms with van der Waals surface area (Å²) < 4.78 is 5.05. The zero-order valence-corrected chi connectivity index (χ0v) is 9.52. The number of benzene rings is 1. The number of nitrogens with one attached hydrogen (secondary N) is 1. The zero-order valence-electron chi connectivity index (χ0n) is 9.52. The van der Waals surface area contributed by atoms with E-state index in [0.717, 1.165) is 5.56 Å². The van der Waals surface area contributed by atoms with E-state index in [1.54, 1.807) is 19.2 Å². The molecule has 4 nitrogen and oxygen atoms in total. The molecule has 1 rings (SSSR count). The van der Waals surface area contributed by atoms with Crippen LogP contribution in [0.2, 0.25) is 0 Å². The smallest absolute Gasteiger partial charge is 0.115 e. The molecule has 16 heavy (non-hydrogen) atoms. The lowest BCUT2D eigenvalue weighted by molar-refractivity contribution is 0.148. The Labute approximate surface area is 95.9 Å². The van der Waals surface area contributed by atoms with Crippen LogP contribution in [-0.4, -0.2) is 36.6 Å². The number of aliphatic hydroxyl groups excluding tert-OH is 1. The molecule has 0 saturated carbocycles. The Morgan fingerprint density at radius 2 is 2.25 bits per heavy atom. The van der Waals surface area contributed by atoms with Gasteiger partial charge in [0.2, 0.25) is 0 Å². The van der Waals surface area contributed by atoms with E-state index in [-0.39, 0.29) is 18.4 Å². The van der Waals surface area contributed by atoms with Crippen LogP contribution < -0.4 is 5.32 Å². The normalized spacial score (nSPS) is 12.6. The number of aromatic hydroxyl groups is 1. The number of hydrogen-bond donors (Lipinski definition) is 3.